The van der Waals surface area contributed by atoms with Crippen molar-refractivity contribution in [1.29, 1.82) is 0 Å². The third-order valence-corrected chi connectivity index (χ3v) is 19.2. The fourth-order valence-electron chi connectivity index (χ4n) is 12.8. The molecule has 0 spiro atoms. The first kappa shape index (κ1) is 84.5. The number of unbranched alkanes of at least 4 members (excludes halogenated alkanes) is 1. The minimum Gasteiger partial charge on any atom is -0.373 e. The minimum atomic E-state index is -2.93. The summed E-state index contributed by atoms with van der Waals surface area (Å²) in [6.45, 7) is 22.4. The van der Waals surface area contributed by atoms with Crippen LogP contribution >= 0.6 is 0 Å². The summed E-state index contributed by atoms with van der Waals surface area (Å²) >= 11 is 0. The molecule has 1 aromatic carbocycles. The SMILES string of the molecule is CCCCN1CC(=O)N(C)[C@@H](CC(C)C)C(=O)N[C@@H](COC(C)(C)C)C(=O)N(C)[C@@H](Cc2ccccc2)C(=O)N(C)[C@@H](C)C(=O)N[C@H](C(=O)N2CCCCC2)CCN[C@H](C)C(=O)N(C)C(CC)C(=O)N[C@@H](C(C)C)C(=O)N(C)[C@@H](CC(C)C)C(=O)N[C@@H](CCC[C@@H]2CC(F)(F)CN2)C1=O. The summed E-state index contributed by atoms with van der Waals surface area (Å²) in [6.07, 6.45) is 3.68. The maximum atomic E-state index is 15.3. The van der Waals surface area contributed by atoms with Crippen molar-refractivity contribution in [2.24, 2.45) is 17.8 Å². The molecule has 1 aromatic rings. The van der Waals surface area contributed by atoms with Crippen molar-refractivity contribution in [3.05, 3.63) is 35.9 Å². The summed E-state index contributed by atoms with van der Waals surface area (Å²) in [7, 11) is 7.18. The van der Waals surface area contributed by atoms with Crippen LogP contribution in [-0.4, -0.2) is 258 Å². The van der Waals surface area contributed by atoms with Gasteiger partial charge in [0.15, 0.2) is 0 Å². The first-order chi connectivity index (χ1) is 46.3. The van der Waals surface area contributed by atoms with E-state index in [1.54, 1.807) is 83.7 Å². The standard InChI is InChI=1S/C72H121F2N13O12/c1-19-21-35-87-42-59(88)82(15)56(38-45(3)4)63(91)79-54(43-99-71(11,12)13)66(94)85(18)58(40-50-29-24-22-25-30-50)69(97)81(14)49(10)61(89)77-53(67(95)86-36-26-23-27-37-86)33-34-75-48(9)65(93)83(16)55(20-2)62(90)80-60(47(7)8)70(98)84(17)57(39-46(5)6)64(92)78-52(68(87)96)32-28-31-51-41-72(73,74)44-76-51/h22,24-25,29-30,45-49,51-58,60,75-76H,19-21,23,26-28,31-44H2,1-18H3,(H,77,89)(H,78,92)(H,79,91)(H,80,90)/t48-,49+,51-,52+,53+,54+,55?,56+,57+,58+,60+/m1/s1. The molecule has 0 saturated carbocycles. The predicted molar refractivity (Wildman–Crippen MR) is 375 cm³/mol. The van der Waals surface area contributed by atoms with Gasteiger partial charge < -0.3 is 70.9 Å². The van der Waals surface area contributed by atoms with E-state index < -0.39 is 162 Å². The van der Waals surface area contributed by atoms with Crippen LogP contribution in [0.1, 0.15) is 179 Å². The third kappa shape index (κ3) is 25.6. The number of halogens is 2. The van der Waals surface area contributed by atoms with Gasteiger partial charge in [0.2, 0.25) is 65.0 Å². The lowest BCUT2D eigenvalue weighted by atomic mass is 9.97. The Balaban J connectivity index is 1.91. The highest BCUT2D eigenvalue weighted by Crippen LogP contribution is 2.28. The molecule has 3 fully saturated rings. The lowest BCUT2D eigenvalue weighted by Gasteiger charge is -2.37. The molecule has 6 N–H and O–H groups in total. The van der Waals surface area contributed by atoms with E-state index in [-0.39, 0.29) is 88.8 Å². The summed E-state index contributed by atoms with van der Waals surface area (Å²) in [4.78, 5) is 173. The number of carbonyl (C=O) groups is 11. The summed E-state index contributed by atoms with van der Waals surface area (Å²) in [6, 6.07) is -3.74. The molecule has 0 aromatic heterocycles. The Labute approximate surface area is 587 Å². The molecule has 0 bridgehead atoms. The number of alkyl halides is 2. The van der Waals surface area contributed by atoms with Crippen molar-refractivity contribution < 1.29 is 66.3 Å². The molecule has 560 valence electrons. The quantitative estimate of drug-likeness (QED) is 0.118. The number of nitrogens with one attached hydrogen (secondary N) is 6. The average molecular weight is 1400 g/mol. The zero-order chi connectivity index (χ0) is 74.4. The maximum Gasteiger partial charge on any atom is 0.261 e. The van der Waals surface area contributed by atoms with Crippen molar-refractivity contribution in [2.45, 2.75) is 258 Å². The zero-order valence-corrected chi connectivity index (χ0v) is 62.6. The molecule has 0 aliphatic carbocycles. The second-order valence-corrected chi connectivity index (χ2v) is 29.8. The lowest BCUT2D eigenvalue weighted by molar-refractivity contribution is -0.151. The smallest absolute Gasteiger partial charge is 0.261 e. The van der Waals surface area contributed by atoms with E-state index in [0.717, 1.165) is 19.3 Å². The normalized spacial score (nSPS) is 27.1. The molecule has 11 atom stereocenters. The highest BCUT2D eigenvalue weighted by Gasteiger charge is 2.43. The van der Waals surface area contributed by atoms with Gasteiger partial charge in [-0.3, -0.25) is 52.7 Å². The monoisotopic (exact) mass is 1400 g/mol. The zero-order valence-electron chi connectivity index (χ0n) is 62.6. The molecule has 27 heteroatoms. The first-order valence-corrected chi connectivity index (χ1v) is 36.0. The number of likely N-dealkylation sites (tertiary alicyclic amines) is 1. The van der Waals surface area contributed by atoms with Crippen LogP contribution in [0.3, 0.4) is 0 Å². The predicted octanol–water partition coefficient (Wildman–Crippen LogP) is 4.49. The number of ether oxygens (including phenoxy) is 1. The van der Waals surface area contributed by atoms with Gasteiger partial charge in [0, 0.05) is 73.8 Å². The van der Waals surface area contributed by atoms with Gasteiger partial charge in [0.25, 0.3) is 5.92 Å². The van der Waals surface area contributed by atoms with Crippen molar-refractivity contribution >= 4 is 65.0 Å². The van der Waals surface area contributed by atoms with Crippen molar-refractivity contribution in [1.82, 2.24) is 66.2 Å². The largest absolute Gasteiger partial charge is 0.373 e. The van der Waals surface area contributed by atoms with Gasteiger partial charge in [0.1, 0.15) is 54.4 Å². The van der Waals surface area contributed by atoms with Crippen LogP contribution in [0.2, 0.25) is 0 Å². The van der Waals surface area contributed by atoms with Crippen LogP contribution in [0.4, 0.5) is 8.78 Å². The fraction of sp³-hybridized carbons (Fsp3) is 0.764. The molecule has 3 aliphatic heterocycles. The number of benzene rings is 1. The van der Waals surface area contributed by atoms with Crippen molar-refractivity contribution in [3.63, 3.8) is 0 Å². The number of hydrogen-bond donors (Lipinski definition) is 6. The molecular weight excluding hydrogens is 1280 g/mol. The van der Waals surface area contributed by atoms with Crippen molar-refractivity contribution in [3.8, 4) is 0 Å². The van der Waals surface area contributed by atoms with Gasteiger partial charge in [-0.25, -0.2) is 8.78 Å². The Kier molecular flexibility index (Phi) is 33.6. The maximum absolute atomic E-state index is 15.3. The molecule has 3 heterocycles. The van der Waals surface area contributed by atoms with E-state index in [9.17, 15) is 37.5 Å². The topological polar surface area (TPSA) is 292 Å². The summed E-state index contributed by atoms with van der Waals surface area (Å²) < 4.78 is 35.2. The highest BCUT2D eigenvalue weighted by molar-refractivity contribution is 5.99. The molecule has 99 heavy (non-hydrogen) atoms. The van der Waals surface area contributed by atoms with Crippen LogP contribution in [-0.2, 0) is 63.9 Å². The lowest BCUT2D eigenvalue weighted by Crippen LogP contribution is -2.61. The van der Waals surface area contributed by atoms with Crippen LogP contribution in [0.5, 0.6) is 0 Å². The van der Waals surface area contributed by atoms with Crippen LogP contribution in [0.15, 0.2) is 30.3 Å². The molecule has 1 unspecified atom stereocenters. The second-order valence-electron chi connectivity index (χ2n) is 29.8. The molecule has 0 radical (unpaired) electrons. The molecular formula is C72H121F2N13O12. The van der Waals surface area contributed by atoms with E-state index >= 15 is 24.0 Å². The highest BCUT2D eigenvalue weighted by atomic mass is 19.3. The number of rotatable bonds is 18. The van der Waals surface area contributed by atoms with E-state index in [1.807, 2.05) is 34.6 Å². The minimum absolute atomic E-state index is 0.0157. The molecule has 25 nitrogen and oxygen atoms in total. The van der Waals surface area contributed by atoms with E-state index in [2.05, 4.69) is 31.9 Å². The second kappa shape index (κ2) is 39.4. The van der Waals surface area contributed by atoms with Crippen molar-refractivity contribution in [2.75, 3.05) is 81.1 Å². The summed E-state index contributed by atoms with van der Waals surface area (Å²) in [5.41, 5.74) is -0.180. The van der Waals surface area contributed by atoms with E-state index in [1.165, 1.54) is 71.6 Å². The van der Waals surface area contributed by atoms with E-state index in [4.69, 9.17) is 4.74 Å². The molecule has 3 aliphatic rings. The van der Waals surface area contributed by atoms with Crippen LogP contribution in [0, 0.1) is 17.8 Å². The van der Waals surface area contributed by atoms with Crippen LogP contribution < -0.4 is 31.9 Å². The Morgan fingerprint density at radius 1 is 0.626 bits per heavy atom. The summed E-state index contributed by atoms with van der Waals surface area (Å²) in [5.74, 6) is -10.8. The average Bonchev–Trinajstić information content (AvgIpc) is 1.68. The number of likely N-dealkylation sites (N-methyl/N-ethyl adjacent to an activating group) is 5. The van der Waals surface area contributed by atoms with E-state index in [0.29, 0.717) is 31.5 Å². The Hall–Kier alpha value is -6.87. The Morgan fingerprint density at radius 3 is 1.74 bits per heavy atom. The van der Waals surface area contributed by atoms with Gasteiger partial charge in [-0.2, -0.15) is 0 Å². The van der Waals surface area contributed by atoms with Gasteiger partial charge in [0.05, 0.1) is 31.3 Å². The van der Waals surface area contributed by atoms with Gasteiger partial charge in [-0.15, -0.1) is 0 Å². The fourth-order valence-corrected chi connectivity index (χ4v) is 12.8. The van der Waals surface area contributed by atoms with Crippen LogP contribution in [0.25, 0.3) is 0 Å². The molecule has 4 rings (SSSR count). The summed E-state index contributed by atoms with van der Waals surface area (Å²) in [5, 5.41) is 17.6. The third-order valence-electron chi connectivity index (χ3n) is 19.2. The first-order valence-electron chi connectivity index (χ1n) is 36.0. The van der Waals surface area contributed by atoms with Gasteiger partial charge >= 0.3 is 0 Å². The molecule has 3 saturated heterocycles. The number of piperidine rings is 1. The number of nitrogens with zero attached hydrogens (tertiary/aromatic N) is 7. The number of amides is 11. The molecule has 11 amide bonds. The number of hydrogen-bond acceptors (Lipinski definition) is 14. The number of carbonyl (C=O) groups excluding carboxylic acids is 11. The Morgan fingerprint density at radius 2 is 1.19 bits per heavy atom. The Bertz CT molecular complexity index is 2860. The van der Waals surface area contributed by atoms with Gasteiger partial charge in [-0.1, -0.05) is 92.1 Å². The van der Waals surface area contributed by atoms with Gasteiger partial charge in [-0.05, 0) is 135 Å².